The third kappa shape index (κ3) is 12.4. The second-order valence-electron chi connectivity index (χ2n) is 6.89. The average molecular weight is 420 g/mol. The summed E-state index contributed by atoms with van der Waals surface area (Å²) in [5.41, 5.74) is 0. The van der Waals surface area contributed by atoms with E-state index in [1.54, 1.807) is 0 Å². The minimum atomic E-state index is 0.333. The van der Waals surface area contributed by atoms with E-state index in [0.717, 1.165) is 0 Å². The second-order valence-corrected chi connectivity index (χ2v) is 8.09. The van der Waals surface area contributed by atoms with Crippen molar-refractivity contribution >= 4 is 37.9 Å². The molecule has 0 aliphatic heterocycles. The summed E-state index contributed by atoms with van der Waals surface area (Å²) in [5.74, 6) is 0. The number of hydrogen-bond acceptors (Lipinski definition) is 6. The molecule has 0 aliphatic carbocycles. The molecule has 26 heavy (non-hydrogen) atoms. The minimum absolute atomic E-state index is 0.333. The molecule has 1 aromatic rings. The molecule has 0 aromatic carbocycles. The summed E-state index contributed by atoms with van der Waals surface area (Å²) in [6, 6.07) is 0. The van der Waals surface area contributed by atoms with Gasteiger partial charge in [-0.3, -0.25) is 0 Å². The Morgan fingerprint density at radius 3 is 0.962 bits per heavy atom. The van der Waals surface area contributed by atoms with Gasteiger partial charge in [-0.1, -0.05) is 53.4 Å². The van der Waals surface area contributed by atoms with Crippen molar-refractivity contribution in [1.82, 2.24) is 15.0 Å². The van der Waals surface area contributed by atoms with E-state index in [4.69, 9.17) is 0 Å². The lowest BCUT2D eigenvalue weighted by atomic mass is 10.1. The van der Waals surface area contributed by atoms with Gasteiger partial charge in [0, 0.05) is 0 Å². The summed E-state index contributed by atoms with van der Waals surface area (Å²) < 4.78 is 1.42. The van der Waals surface area contributed by atoms with Gasteiger partial charge in [-0.25, -0.2) is 0 Å². The Kier molecular flexibility index (Phi) is 16.0. The van der Waals surface area contributed by atoms with E-state index in [1.165, 1.54) is 82.0 Å². The fraction of sp³-hybridized carbons (Fsp3) is 0.842. The lowest BCUT2D eigenvalue weighted by Crippen LogP contribution is -2.50. The van der Waals surface area contributed by atoms with Crippen LogP contribution in [0.2, 0.25) is 0 Å². The highest BCUT2D eigenvalue weighted by Gasteiger charge is 2.24. The van der Waals surface area contributed by atoms with Crippen LogP contribution in [0.3, 0.4) is 0 Å². The van der Waals surface area contributed by atoms with E-state index in [9.17, 15) is 0 Å². The highest BCUT2D eigenvalue weighted by molar-refractivity contribution is 7.81. The molecule has 0 fully saturated rings. The molecule has 0 spiro atoms. The molecule has 0 unspecified atom stereocenters. The number of quaternary nitrogens is 1. The van der Waals surface area contributed by atoms with Crippen molar-refractivity contribution in [2.24, 2.45) is 0 Å². The molecule has 7 heteroatoms. The first-order valence-electron chi connectivity index (χ1n) is 10.1. The third-order valence-electron chi connectivity index (χ3n) is 4.54. The fourth-order valence-corrected chi connectivity index (χ4v) is 3.79. The Hall–Kier alpha value is 0.0200. The number of aromatic nitrogens is 3. The van der Waals surface area contributed by atoms with Gasteiger partial charge in [0.2, 0.25) is 0 Å². The largest absolute Gasteiger partial charge is 0.324 e. The number of thiol groups is 3. The molecule has 4 nitrogen and oxygen atoms in total. The van der Waals surface area contributed by atoms with Crippen LogP contribution in [0.4, 0.5) is 0 Å². The standard InChI is InChI=1S/C16H36N.C3H3N3S3/c1-5-9-13-17(14-10-6-2,15-11-7-3)16-12-8-4;7-1-4-2(8)6-3(9)5-1/h5-16H2,1-4H3;(H3,4,5,6,7,8,9)/q+1;. The van der Waals surface area contributed by atoms with Gasteiger partial charge >= 0.3 is 0 Å². The Labute approximate surface area is 177 Å². The second kappa shape index (κ2) is 16.0. The van der Waals surface area contributed by atoms with Gasteiger partial charge in [-0.2, -0.15) is 15.0 Å². The Morgan fingerprint density at radius 2 is 0.769 bits per heavy atom. The van der Waals surface area contributed by atoms with Gasteiger partial charge in [0.15, 0.2) is 15.5 Å². The van der Waals surface area contributed by atoms with Crippen molar-refractivity contribution < 1.29 is 4.48 Å². The van der Waals surface area contributed by atoms with E-state index in [0.29, 0.717) is 15.5 Å². The zero-order valence-electron chi connectivity index (χ0n) is 17.1. The van der Waals surface area contributed by atoms with Crippen molar-refractivity contribution in [3.05, 3.63) is 0 Å². The monoisotopic (exact) mass is 419 g/mol. The maximum Gasteiger partial charge on any atom is 0.189 e. The van der Waals surface area contributed by atoms with Crippen LogP contribution in [0.15, 0.2) is 15.5 Å². The maximum absolute atomic E-state index is 3.86. The molecule has 0 radical (unpaired) electrons. The average Bonchev–Trinajstić information content (AvgIpc) is 2.60. The molecule has 0 N–H and O–H groups in total. The van der Waals surface area contributed by atoms with Crippen LogP contribution in [-0.2, 0) is 0 Å². The SMILES string of the molecule is CCCC[N+](CCCC)(CCCC)CCCC.Sc1nc(S)nc(S)n1. The predicted molar refractivity (Wildman–Crippen MR) is 121 cm³/mol. The van der Waals surface area contributed by atoms with Gasteiger partial charge in [0.1, 0.15) is 0 Å². The highest BCUT2D eigenvalue weighted by Crippen LogP contribution is 2.16. The Morgan fingerprint density at radius 1 is 0.538 bits per heavy atom. The van der Waals surface area contributed by atoms with E-state index in [2.05, 4.69) is 80.5 Å². The molecular weight excluding hydrogens is 380 g/mol. The molecule has 0 saturated carbocycles. The molecule has 0 aliphatic rings. The summed E-state index contributed by atoms with van der Waals surface area (Å²) in [5, 5.41) is 1.00. The molecule has 1 heterocycles. The number of unbranched alkanes of at least 4 members (excludes halogenated alkanes) is 4. The van der Waals surface area contributed by atoms with E-state index >= 15 is 0 Å². The maximum atomic E-state index is 3.86. The topological polar surface area (TPSA) is 38.7 Å². The van der Waals surface area contributed by atoms with Crippen LogP contribution in [0.1, 0.15) is 79.1 Å². The van der Waals surface area contributed by atoms with Crippen LogP contribution in [0.5, 0.6) is 0 Å². The predicted octanol–water partition coefficient (Wildman–Crippen LogP) is 5.74. The van der Waals surface area contributed by atoms with Crippen LogP contribution >= 0.6 is 37.9 Å². The Balaban J connectivity index is 0.000000577. The summed E-state index contributed by atoms with van der Waals surface area (Å²) >= 11 is 11.6. The summed E-state index contributed by atoms with van der Waals surface area (Å²) in [6.07, 6.45) is 11.1. The lowest BCUT2D eigenvalue weighted by Gasteiger charge is -2.39. The first kappa shape index (κ1) is 26.0. The van der Waals surface area contributed by atoms with Crippen LogP contribution in [0, 0.1) is 0 Å². The third-order valence-corrected chi connectivity index (χ3v) is 5.14. The van der Waals surface area contributed by atoms with Crippen LogP contribution in [-0.4, -0.2) is 45.6 Å². The summed E-state index contributed by atoms with van der Waals surface area (Å²) in [4.78, 5) is 11.1. The summed E-state index contributed by atoms with van der Waals surface area (Å²) in [7, 11) is 0. The quantitative estimate of drug-likeness (QED) is 0.299. The van der Waals surface area contributed by atoms with Gasteiger partial charge in [-0.05, 0) is 25.7 Å². The highest BCUT2D eigenvalue weighted by atomic mass is 32.1. The van der Waals surface area contributed by atoms with Crippen LogP contribution < -0.4 is 0 Å². The first-order valence-corrected chi connectivity index (χ1v) is 11.4. The zero-order valence-corrected chi connectivity index (χ0v) is 19.8. The molecule has 0 bridgehead atoms. The smallest absolute Gasteiger partial charge is 0.189 e. The molecule has 1 rings (SSSR count). The molecule has 0 amide bonds. The van der Waals surface area contributed by atoms with E-state index in [1.807, 2.05) is 0 Å². The van der Waals surface area contributed by atoms with Crippen molar-refractivity contribution in [1.29, 1.82) is 0 Å². The molecule has 0 atom stereocenters. The van der Waals surface area contributed by atoms with Gasteiger partial charge in [0.05, 0.1) is 26.2 Å². The molecule has 1 aromatic heterocycles. The minimum Gasteiger partial charge on any atom is -0.324 e. The number of hydrogen-bond donors (Lipinski definition) is 3. The van der Waals surface area contributed by atoms with Crippen molar-refractivity contribution in [3.63, 3.8) is 0 Å². The Bertz CT molecular complexity index is 384. The normalized spacial score (nSPS) is 11.2. The van der Waals surface area contributed by atoms with E-state index in [-0.39, 0.29) is 0 Å². The lowest BCUT2D eigenvalue weighted by molar-refractivity contribution is -0.929. The summed E-state index contributed by atoms with van der Waals surface area (Å²) in [6.45, 7) is 15.0. The van der Waals surface area contributed by atoms with Crippen molar-refractivity contribution in [2.45, 2.75) is 94.5 Å². The zero-order chi connectivity index (χ0) is 19.8. The van der Waals surface area contributed by atoms with Gasteiger partial charge in [-0.15, -0.1) is 37.9 Å². The van der Waals surface area contributed by atoms with Gasteiger partial charge < -0.3 is 4.48 Å². The van der Waals surface area contributed by atoms with Gasteiger partial charge in [0.25, 0.3) is 0 Å². The fourth-order valence-electron chi connectivity index (χ4n) is 2.99. The first-order chi connectivity index (χ1) is 12.4. The van der Waals surface area contributed by atoms with Crippen LogP contribution in [0.25, 0.3) is 0 Å². The van der Waals surface area contributed by atoms with E-state index < -0.39 is 0 Å². The van der Waals surface area contributed by atoms with Crippen molar-refractivity contribution in [2.75, 3.05) is 26.2 Å². The molecule has 152 valence electrons. The molecule has 0 saturated heterocycles. The number of nitrogens with zero attached hydrogens (tertiary/aromatic N) is 4. The number of rotatable bonds is 12. The molecular formula is C19H39N4S3+. The van der Waals surface area contributed by atoms with Crippen molar-refractivity contribution in [3.8, 4) is 0 Å².